The fraction of sp³-hybridized carbons (Fsp3) is 0.292. The molecule has 4 aromatic rings. The number of pyridine rings is 1. The maximum Gasteiger partial charge on any atom is 0.237 e. The normalized spacial score (nSPS) is 15.9. The highest BCUT2D eigenvalue weighted by Gasteiger charge is 2.30. The number of carbonyl (C=O) groups excluding carboxylic acids is 1. The molecule has 0 N–H and O–H groups in total. The molecule has 0 saturated heterocycles. The molecule has 3 heterocycles. The summed E-state index contributed by atoms with van der Waals surface area (Å²) in [5.41, 5.74) is 7.78. The molecule has 0 fully saturated rings. The number of rotatable bonds is 3. The SMILES string of the molecule is Cc1cc2cc(C)c3nnc(SCC(=O)N4c5ccccc5CC4C)n3c2cc1C. The van der Waals surface area contributed by atoms with E-state index in [2.05, 4.69) is 66.6 Å². The van der Waals surface area contributed by atoms with Gasteiger partial charge in [0.15, 0.2) is 10.8 Å². The van der Waals surface area contributed by atoms with Gasteiger partial charge in [-0.3, -0.25) is 9.20 Å². The van der Waals surface area contributed by atoms with Crippen molar-refractivity contribution in [1.29, 1.82) is 0 Å². The molecule has 5 rings (SSSR count). The van der Waals surface area contributed by atoms with Crippen molar-refractivity contribution in [3.05, 3.63) is 64.7 Å². The number of hydrogen-bond acceptors (Lipinski definition) is 4. The standard InChI is InChI=1S/C24H24N4OS/c1-14-9-19-10-16(3)23-25-26-24(28(23)21(19)11-15(14)2)30-13-22(29)27-17(4)12-18-7-5-6-8-20(18)27/h5-11,17H,12-13H2,1-4H3. The van der Waals surface area contributed by atoms with Gasteiger partial charge >= 0.3 is 0 Å². The molecule has 1 atom stereocenters. The van der Waals surface area contributed by atoms with E-state index in [1.807, 2.05) is 23.1 Å². The minimum Gasteiger partial charge on any atom is -0.308 e. The number of carbonyl (C=O) groups is 1. The zero-order valence-electron chi connectivity index (χ0n) is 17.6. The van der Waals surface area contributed by atoms with Crippen molar-refractivity contribution in [3.63, 3.8) is 0 Å². The van der Waals surface area contributed by atoms with Gasteiger partial charge in [-0.2, -0.15) is 0 Å². The Morgan fingerprint density at radius 3 is 2.63 bits per heavy atom. The van der Waals surface area contributed by atoms with Gasteiger partial charge < -0.3 is 4.90 Å². The molecule has 1 amide bonds. The molecule has 0 bridgehead atoms. The van der Waals surface area contributed by atoms with E-state index in [4.69, 9.17) is 0 Å². The molecule has 0 radical (unpaired) electrons. The van der Waals surface area contributed by atoms with Crippen molar-refractivity contribution in [2.75, 3.05) is 10.7 Å². The molecule has 152 valence electrons. The van der Waals surface area contributed by atoms with Gasteiger partial charge in [0.1, 0.15) is 0 Å². The zero-order valence-corrected chi connectivity index (χ0v) is 18.5. The van der Waals surface area contributed by atoms with Gasteiger partial charge in [0, 0.05) is 11.7 Å². The van der Waals surface area contributed by atoms with E-state index >= 15 is 0 Å². The lowest BCUT2D eigenvalue weighted by Crippen LogP contribution is -2.37. The largest absolute Gasteiger partial charge is 0.308 e. The van der Waals surface area contributed by atoms with E-state index in [1.165, 1.54) is 28.5 Å². The third-order valence-electron chi connectivity index (χ3n) is 6.04. The van der Waals surface area contributed by atoms with E-state index in [0.29, 0.717) is 5.75 Å². The van der Waals surface area contributed by atoms with Crippen LogP contribution in [0, 0.1) is 20.8 Å². The third-order valence-corrected chi connectivity index (χ3v) is 6.96. The molecule has 0 spiro atoms. The van der Waals surface area contributed by atoms with Gasteiger partial charge in [-0.1, -0.05) is 30.0 Å². The molecular weight excluding hydrogens is 392 g/mol. The summed E-state index contributed by atoms with van der Waals surface area (Å²) in [7, 11) is 0. The molecule has 2 aromatic carbocycles. The summed E-state index contributed by atoms with van der Waals surface area (Å²) < 4.78 is 2.09. The third kappa shape index (κ3) is 2.98. The molecule has 6 heteroatoms. The Labute approximate surface area is 180 Å². The summed E-state index contributed by atoms with van der Waals surface area (Å²) in [6, 6.07) is 14.9. The number of fused-ring (bicyclic) bond motifs is 4. The number of amides is 1. The minimum atomic E-state index is 0.109. The zero-order chi connectivity index (χ0) is 21.0. The molecule has 2 aromatic heterocycles. The van der Waals surface area contributed by atoms with Gasteiger partial charge in [-0.15, -0.1) is 10.2 Å². The van der Waals surface area contributed by atoms with Crippen LogP contribution in [0.25, 0.3) is 16.6 Å². The fourth-order valence-electron chi connectivity index (χ4n) is 4.41. The van der Waals surface area contributed by atoms with Gasteiger partial charge in [0.05, 0.1) is 11.3 Å². The minimum absolute atomic E-state index is 0.109. The highest BCUT2D eigenvalue weighted by Crippen LogP contribution is 2.33. The van der Waals surface area contributed by atoms with Crippen LogP contribution in [-0.4, -0.2) is 32.3 Å². The van der Waals surface area contributed by atoms with E-state index in [0.717, 1.165) is 39.4 Å². The van der Waals surface area contributed by atoms with Crippen LogP contribution in [0.4, 0.5) is 5.69 Å². The lowest BCUT2D eigenvalue weighted by molar-refractivity contribution is -0.116. The predicted octanol–water partition coefficient (Wildman–Crippen LogP) is 4.88. The van der Waals surface area contributed by atoms with Crippen molar-refractivity contribution < 1.29 is 4.79 Å². The first-order valence-corrected chi connectivity index (χ1v) is 11.2. The van der Waals surface area contributed by atoms with Crippen LogP contribution in [0.15, 0.2) is 47.6 Å². The maximum absolute atomic E-state index is 13.1. The molecule has 0 aliphatic carbocycles. The summed E-state index contributed by atoms with van der Waals surface area (Å²) in [5, 5.41) is 10.8. The van der Waals surface area contributed by atoms with Crippen LogP contribution in [0.1, 0.15) is 29.2 Å². The van der Waals surface area contributed by atoms with Crippen molar-refractivity contribution in [1.82, 2.24) is 14.6 Å². The Balaban J connectivity index is 1.49. The summed E-state index contributed by atoms with van der Waals surface area (Å²) in [5.74, 6) is 0.443. The first-order chi connectivity index (χ1) is 14.4. The molecule has 1 aliphatic heterocycles. The Morgan fingerprint density at radius 1 is 1.07 bits per heavy atom. The number of para-hydroxylation sites is 1. The van der Waals surface area contributed by atoms with E-state index in [1.54, 1.807) is 0 Å². The number of anilines is 1. The fourth-order valence-corrected chi connectivity index (χ4v) is 5.21. The van der Waals surface area contributed by atoms with Gasteiger partial charge in [-0.05, 0) is 86.0 Å². The predicted molar refractivity (Wildman–Crippen MR) is 123 cm³/mol. The number of thioether (sulfide) groups is 1. The highest BCUT2D eigenvalue weighted by atomic mass is 32.2. The second kappa shape index (κ2) is 7.13. The van der Waals surface area contributed by atoms with Crippen LogP contribution in [0.3, 0.4) is 0 Å². The second-order valence-electron chi connectivity index (χ2n) is 8.20. The maximum atomic E-state index is 13.1. The van der Waals surface area contributed by atoms with Crippen LogP contribution in [0.5, 0.6) is 0 Å². The number of nitrogens with zero attached hydrogens (tertiary/aromatic N) is 4. The monoisotopic (exact) mass is 416 g/mol. The highest BCUT2D eigenvalue weighted by molar-refractivity contribution is 7.99. The quantitative estimate of drug-likeness (QED) is 0.447. The van der Waals surface area contributed by atoms with Crippen LogP contribution in [-0.2, 0) is 11.2 Å². The molecule has 30 heavy (non-hydrogen) atoms. The Hall–Kier alpha value is -2.86. The van der Waals surface area contributed by atoms with Crippen LogP contribution in [0.2, 0.25) is 0 Å². The van der Waals surface area contributed by atoms with E-state index < -0.39 is 0 Å². The number of aromatic nitrogens is 3. The van der Waals surface area contributed by atoms with Crippen LogP contribution >= 0.6 is 11.8 Å². The summed E-state index contributed by atoms with van der Waals surface area (Å²) in [6.07, 6.45) is 0.906. The number of hydrogen-bond donors (Lipinski definition) is 0. The molecular formula is C24H24N4OS. The smallest absolute Gasteiger partial charge is 0.237 e. The lowest BCUT2D eigenvalue weighted by atomic mass is 10.0. The lowest BCUT2D eigenvalue weighted by Gasteiger charge is -2.22. The second-order valence-corrected chi connectivity index (χ2v) is 9.14. The van der Waals surface area contributed by atoms with Crippen molar-refractivity contribution >= 4 is 39.9 Å². The summed E-state index contributed by atoms with van der Waals surface area (Å²) in [6.45, 7) is 8.41. The Kier molecular flexibility index (Phi) is 4.54. The molecule has 0 saturated carbocycles. The first-order valence-electron chi connectivity index (χ1n) is 10.2. The summed E-state index contributed by atoms with van der Waals surface area (Å²) in [4.78, 5) is 15.1. The first kappa shape index (κ1) is 19.1. The average Bonchev–Trinajstić information content (AvgIpc) is 3.29. The average molecular weight is 417 g/mol. The molecule has 1 aliphatic rings. The summed E-state index contributed by atoms with van der Waals surface area (Å²) >= 11 is 1.46. The number of aryl methyl sites for hydroxylation is 3. The van der Waals surface area contributed by atoms with Crippen molar-refractivity contribution in [3.8, 4) is 0 Å². The van der Waals surface area contributed by atoms with Crippen molar-refractivity contribution in [2.45, 2.75) is 45.3 Å². The van der Waals surface area contributed by atoms with E-state index in [-0.39, 0.29) is 11.9 Å². The Morgan fingerprint density at radius 2 is 1.80 bits per heavy atom. The van der Waals surface area contributed by atoms with Gasteiger partial charge in [0.2, 0.25) is 5.91 Å². The molecule has 5 nitrogen and oxygen atoms in total. The molecule has 1 unspecified atom stereocenters. The topological polar surface area (TPSA) is 50.5 Å². The van der Waals surface area contributed by atoms with Crippen LogP contribution < -0.4 is 4.90 Å². The number of benzene rings is 2. The Bertz CT molecular complexity index is 1310. The van der Waals surface area contributed by atoms with E-state index in [9.17, 15) is 4.79 Å². The van der Waals surface area contributed by atoms with Gasteiger partial charge in [0.25, 0.3) is 0 Å². The van der Waals surface area contributed by atoms with Gasteiger partial charge in [-0.25, -0.2) is 0 Å². The van der Waals surface area contributed by atoms with Crippen molar-refractivity contribution in [2.24, 2.45) is 0 Å².